The molecule has 2 aromatic carbocycles. The molecule has 230 valence electrons. The summed E-state index contributed by atoms with van der Waals surface area (Å²) in [6, 6.07) is 12.9. The summed E-state index contributed by atoms with van der Waals surface area (Å²) >= 11 is 0. The molecule has 0 saturated carbocycles. The van der Waals surface area contributed by atoms with E-state index in [1.165, 1.54) is 11.0 Å². The van der Waals surface area contributed by atoms with Gasteiger partial charge in [-0.25, -0.2) is 0 Å². The second-order valence-electron chi connectivity index (χ2n) is 11.2. The number of amides is 1. The summed E-state index contributed by atoms with van der Waals surface area (Å²) in [7, 11) is 0. The molecule has 42 heavy (non-hydrogen) atoms. The molecular formula is C30H37F3N3O6-. The van der Waals surface area contributed by atoms with Gasteiger partial charge in [0.1, 0.15) is 6.09 Å². The smallest absolute Gasteiger partial charge is 0.416 e. The van der Waals surface area contributed by atoms with Gasteiger partial charge in [-0.1, -0.05) is 36.4 Å². The van der Waals surface area contributed by atoms with Crippen molar-refractivity contribution in [3.63, 3.8) is 0 Å². The van der Waals surface area contributed by atoms with Gasteiger partial charge < -0.3 is 29.2 Å². The number of esters is 2. The minimum atomic E-state index is -4.56. The van der Waals surface area contributed by atoms with Gasteiger partial charge in [0, 0.05) is 57.9 Å². The van der Waals surface area contributed by atoms with Crippen LogP contribution in [0.3, 0.4) is 0 Å². The number of hydrogen-bond donors (Lipinski definition) is 0. The highest BCUT2D eigenvalue weighted by Gasteiger charge is 2.32. The third-order valence-corrected chi connectivity index (χ3v) is 6.83. The monoisotopic (exact) mass is 592 g/mol. The van der Waals surface area contributed by atoms with Crippen molar-refractivity contribution >= 4 is 23.7 Å². The maximum absolute atomic E-state index is 13.8. The van der Waals surface area contributed by atoms with Crippen molar-refractivity contribution in [2.75, 3.05) is 44.4 Å². The molecule has 1 amide bonds. The third kappa shape index (κ3) is 9.93. The summed E-state index contributed by atoms with van der Waals surface area (Å²) in [6.07, 6.45) is -5.55. The number of halogens is 3. The Hall–Kier alpha value is -3.80. The number of alkyl halides is 3. The highest BCUT2D eigenvalue weighted by atomic mass is 19.4. The van der Waals surface area contributed by atoms with E-state index in [9.17, 15) is 32.7 Å². The lowest BCUT2D eigenvalue weighted by Gasteiger charge is -2.37. The van der Waals surface area contributed by atoms with Crippen molar-refractivity contribution < 1.29 is 42.1 Å². The van der Waals surface area contributed by atoms with Crippen LogP contribution in [0.25, 0.3) is 0 Å². The fraction of sp³-hybridized carbons (Fsp3) is 0.500. The molecule has 0 N–H and O–H groups in total. The summed E-state index contributed by atoms with van der Waals surface area (Å²) in [5, 5.41) is 11.2. The molecule has 2 aromatic rings. The maximum atomic E-state index is 13.8. The quantitative estimate of drug-likeness (QED) is 0.285. The van der Waals surface area contributed by atoms with Crippen LogP contribution in [-0.4, -0.2) is 67.3 Å². The zero-order valence-electron chi connectivity index (χ0n) is 24.1. The lowest BCUT2D eigenvalue weighted by molar-refractivity contribution is -0.266. The molecule has 12 heteroatoms. The number of benzene rings is 2. The first-order valence-corrected chi connectivity index (χ1v) is 13.7. The predicted octanol–water partition coefficient (Wildman–Crippen LogP) is 4.04. The molecule has 1 saturated heterocycles. The average Bonchev–Trinajstić information content (AvgIpc) is 2.92. The molecule has 0 aliphatic carbocycles. The van der Waals surface area contributed by atoms with E-state index < -0.39 is 42.0 Å². The summed E-state index contributed by atoms with van der Waals surface area (Å²) in [6.45, 7) is 6.71. The fourth-order valence-corrected chi connectivity index (χ4v) is 4.44. The van der Waals surface area contributed by atoms with Gasteiger partial charge in [0.15, 0.2) is 0 Å². The predicted molar refractivity (Wildman–Crippen MR) is 147 cm³/mol. The van der Waals surface area contributed by atoms with Crippen molar-refractivity contribution in [3.8, 4) is 0 Å². The second kappa shape index (κ2) is 14.4. The van der Waals surface area contributed by atoms with Crippen LogP contribution in [0.2, 0.25) is 0 Å². The van der Waals surface area contributed by atoms with Gasteiger partial charge in [0.2, 0.25) is 6.79 Å². The van der Waals surface area contributed by atoms with Crippen LogP contribution in [0.1, 0.15) is 50.3 Å². The number of carbonyl (C=O) groups is 3. The van der Waals surface area contributed by atoms with Gasteiger partial charge in [-0.05, 0) is 50.5 Å². The van der Waals surface area contributed by atoms with E-state index in [0.717, 1.165) is 17.7 Å². The lowest BCUT2D eigenvalue weighted by Crippen LogP contribution is -2.52. The standard InChI is InChI=1S/C30H38F3N3O6/c1-29(2,3)27(38)42-21-41-26(37)10-7-13-36(19-22-8-5-4-6-9-22)25-18-24(30(31,32)33)12-11-23(25)20-34-14-16-35(17-15-34)28(39)40/h4-6,8-9,11-12,18H,7,10,13-17,19-21H2,1-3H3,(H,39,40)/p-1. The van der Waals surface area contributed by atoms with E-state index in [-0.39, 0.29) is 32.5 Å². The molecule has 0 unspecified atom stereocenters. The van der Waals surface area contributed by atoms with Crippen LogP contribution >= 0.6 is 0 Å². The number of carbonyl (C=O) groups excluding carboxylic acids is 3. The summed E-state index contributed by atoms with van der Waals surface area (Å²) in [5.41, 5.74) is 0.371. The Labute approximate surface area is 243 Å². The van der Waals surface area contributed by atoms with Gasteiger partial charge in [-0.2, -0.15) is 13.2 Å². The van der Waals surface area contributed by atoms with Crippen molar-refractivity contribution in [1.82, 2.24) is 9.80 Å². The van der Waals surface area contributed by atoms with E-state index in [0.29, 0.717) is 37.4 Å². The Balaban J connectivity index is 1.77. The molecule has 0 bridgehead atoms. The normalized spacial score (nSPS) is 14.4. The Kier molecular flexibility index (Phi) is 11.2. The highest BCUT2D eigenvalue weighted by molar-refractivity contribution is 5.75. The van der Waals surface area contributed by atoms with Crippen LogP contribution in [0, 0.1) is 5.41 Å². The first-order chi connectivity index (χ1) is 19.7. The molecule has 0 radical (unpaired) electrons. The maximum Gasteiger partial charge on any atom is 0.416 e. The molecular weight excluding hydrogens is 555 g/mol. The molecule has 1 heterocycles. The first kappa shape index (κ1) is 32.7. The molecule has 1 aliphatic rings. The number of anilines is 1. The SMILES string of the molecule is CC(C)(C)C(=O)OCOC(=O)CCCN(Cc1ccccc1)c1cc(C(F)(F)F)ccc1CN1CCN(C(=O)[O-])CC1. The van der Waals surface area contributed by atoms with Gasteiger partial charge in [0.25, 0.3) is 0 Å². The third-order valence-electron chi connectivity index (χ3n) is 6.83. The molecule has 0 aromatic heterocycles. The zero-order chi connectivity index (χ0) is 30.9. The van der Waals surface area contributed by atoms with Gasteiger partial charge in [0.05, 0.1) is 11.0 Å². The molecule has 1 fully saturated rings. The van der Waals surface area contributed by atoms with Crippen molar-refractivity contribution in [2.45, 2.75) is 52.9 Å². The summed E-state index contributed by atoms with van der Waals surface area (Å²) in [4.78, 5) is 40.3. The number of piperazine rings is 1. The van der Waals surface area contributed by atoms with E-state index in [1.807, 2.05) is 40.1 Å². The van der Waals surface area contributed by atoms with Gasteiger partial charge in [-0.3, -0.25) is 14.5 Å². The Morgan fingerprint density at radius 3 is 2.21 bits per heavy atom. The molecule has 9 nitrogen and oxygen atoms in total. The van der Waals surface area contributed by atoms with Crippen molar-refractivity contribution in [2.24, 2.45) is 5.41 Å². The number of hydrogen-bond acceptors (Lipinski definition) is 8. The average molecular weight is 593 g/mol. The van der Waals surface area contributed by atoms with Gasteiger partial charge in [-0.15, -0.1) is 0 Å². The van der Waals surface area contributed by atoms with Gasteiger partial charge >= 0.3 is 18.1 Å². The van der Waals surface area contributed by atoms with Crippen molar-refractivity contribution in [1.29, 1.82) is 0 Å². The summed E-state index contributed by atoms with van der Waals surface area (Å²) in [5.74, 6) is -1.10. The Morgan fingerprint density at radius 1 is 0.952 bits per heavy atom. The van der Waals surface area contributed by atoms with Crippen molar-refractivity contribution in [3.05, 3.63) is 65.2 Å². The minimum Gasteiger partial charge on any atom is -0.530 e. The topological polar surface area (TPSA) is 102 Å². The van der Waals surface area contributed by atoms with Crippen LogP contribution in [0.5, 0.6) is 0 Å². The molecule has 0 spiro atoms. The number of carboxylic acid groups (broad SMARTS) is 1. The van der Waals surface area contributed by atoms with E-state index in [1.54, 1.807) is 20.8 Å². The fourth-order valence-electron chi connectivity index (χ4n) is 4.44. The van der Waals surface area contributed by atoms with E-state index >= 15 is 0 Å². The van der Waals surface area contributed by atoms with Crippen LogP contribution in [-0.2, 0) is 38.3 Å². The Bertz CT molecular complexity index is 1210. The molecule has 3 rings (SSSR count). The largest absolute Gasteiger partial charge is 0.530 e. The first-order valence-electron chi connectivity index (χ1n) is 13.7. The van der Waals surface area contributed by atoms with Crippen LogP contribution in [0.4, 0.5) is 23.7 Å². The minimum absolute atomic E-state index is 0.0299. The van der Waals surface area contributed by atoms with Crippen LogP contribution in [0.15, 0.2) is 48.5 Å². The highest BCUT2D eigenvalue weighted by Crippen LogP contribution is 2.35. The van der Waals surface area contributed by atoms with Crippen LogP contribution < -0.4 is 10.0 Å². The molecule has 1 aliphatic heterocycles. The number of rotatable bonds is 11. The lowest BCUT2D eigenvalue weighted by atomic mass is 9.98. The molecule has 0 atom stereocenters. The van der Waals surface area contributed by atoms with E-state index in [4.69, 9.17) is 9.47 Å². The zero-order valence-corrected chi connectivity index (χ0v) is 24.1. The Morgan fingerprint density at radius 2 is 1.62 bits per heavy atom. The van der Waals surface area contributed by atoms with E-state index in [2.05, 4.69) is 0 Å². The number of nitrogens with zero attached hydrogens (tertiary/aromatic N) is 3. The number of ether oxygens (including phenoxy) is 2. The second-order valence-corrected chi connectivity index (χ2v) is 11.2. The summed E-state index contributed by atoms with van der Waals surface area (Å²) < 4.78 is 51.3.